The summed E-state index contributed by atoms with van der Waals surface area (Å²) < 4.78 is 0. The van der Waals surface area contributed by atoms with Crippen LogP contribution in [-0.2, 0) is 0 Å². The second kappa shape index (κ2) is 3.13. The standard InChI is InChI=1S/C12H10N4/c1-7-15-9-5-4-8-3-2-6-14-11(8)10(9)12(13)16-7/h2-6H,1H3,(H2,13,15,16). The Morgan fingerprint density at radius 3 is 2.88 bits per heavy atom. The second-order valence-electron chi connectivity index (χ2n) is 3.69. The average Bonchev–Trinajstić information content (AvgIpc) is 2.28. The molecule has 78 valence electrons. The molecule has 2 aromatic heterocycles. The van der Waals surface area contributed by atoms with Gasteiger partial charge in [0.25, 0.3) is 0 Å². The maximum Gasteiger partial charge on any atom is 0.137 e. The molecule has 4 heteroatoms. The molecule has 0 unspecified atom stereocenters. The van der Waals surface area contributed by atoms with Crippen LogP contribution in [0.25, 0.3) is 21.8 Å². The van der Waals surface area contributed by atoms with Gasteiger partial charge in [0.2, 0.25) is 0 Å². The van der Waals surface area contributed by atoms with Crippen molar-refractivity contribution >= 4 is 27.6 Å². The lowest BCUT2D eigenvalue weighted by Crippen LogP contribution is -1.98. The van der Waals surface area contributed by atoms with Gasteiger partial charge in [0.15, 0.2) is 0 Å². The van der Waals surface area contributed by atoms with Gasteiger partial charge in [-0.05, 0) is 19.1 Å². The van der Waals surface area contributed by atoms with Crippen LogP contribution in [0, 0.1) is 6.92 Å². The van der Waals surface area contributed by atoms with Gasteiger partial charge < -0.3 is 5.73 Å². The first-order valence-electron chi connectivity index (χ1n) is 5.03. The zero-order chi connectivity index (χ0) is 11.1. The summed E-state index contributed by atoms with van der Waals surface area (Å²) in [6.07, 6.45) is 1.75. The highest BCUT2D eigenvalue weighted by atomic mass is 14.9. The fourth-order valence-corrected chi connectivity index (χ4v) is 1.91. The van der Waals surface area contributed by atoms with Crippen LogP contribution in [0.15, 0.2) is 30.5 Å². The zero-order valence-corrected chi connectivity index (χ0v) is 8.81. The van der Waals surface area contributed by atoms with Crippen molar-refractivity contribution in [1.29, 1.82) is 0 Å². The number of nitrogen functional groups attached to an aromatic ring is 1. The Hall–Kier alpha value is -2.23. The van der Waals surface area contributed by atoms with Crippen molar-refractivity contribution in [2.24, 2.45) is 0 Å². The summed E-state index contributed by atoms with van der Waals surface area (Å²) in [6.45, 7) is 1.83. The molecule has 0 radical (unpaired) electrons. The number of anilines is 1. The second-order valence-corrected chi connectivity index (χ2v) is 3.69. The lowest BCUT2D eigenvalue weighted by Gasteiger charge is -2.05. The van der Waals surface area contributed by atoms with Gasteiger partial charge in [0, 0.05) is 11.6 Å². The number of nitrogens with zero attached hydrogens (tertiary/aromatic N) is 3. The van der Waals surface area contributed by atoms with Crippen LogP contribution < -0.4 is 5.73 Å². The normalized spacial score (nSPS) is 11.1. The number of fused-ring (bicyclic) bond motifs is 3. The molecule has 0 aliphatic heterocycles. The Morgan fingerprint density at radius 1 is 1.12 bits per heavy atom. The Morgan fingerprint density at radius 2 is 2.00 bits per heavy atom. The van der Waals surface area contributed by atoms with Crippen LogP contribution in [0.4, 0.5) is 5.82 Å². The van der Waals surface area contributed by atoms with Crippen molar-refractivity contribution in [2.45, 2.75) is 6.92 Å². The van der Waals surface area contributed by atoms with Crippen LogP contribution in [0.3, 0.4) is 0 Å². The predicted molar refractivity (Wildman–Crippen MR) is 64.0 cm³/mol. The SMILES string of the molecule is Cc1nc(N)c2c(ccc3cccnc32)n1. The number of pyridine rings is 1. The van der Waals surface area contributed by atoms with E-state index in [2.05, 4.69) is 15.0 Å². The van der Waals surface area contributed by atoms with Crippen molar-refractivity contribution in [3.8, 4) is 0 Å². The molecule has 0 spiro atoms. The summed E-state index contributed by atoms with van der Waals surface area (Å²) in [5, 5.41) is 1.89. The number of benzene rings is 1. The van der Waals surface area contributed by atoms with Crippen LogP contribution in [0.1, 0.15) is 5.82 Å². The van der Waals surface area contributed by atoms with Crippen LogP contribution in [0.5, 0.6) is 0 Å². The third-order valence-corrected chi connectivity index (χ3v) is 2.57. The predicted octanol–water partition coefficient (Wildman–Crippen LogP) is 2.07. The summed E-state index contributed by atoms with van der Waals surface area (Å²) in [5.41, 5.74) is 7.63. The molecule has 0 atom stereocenters. The Labute approximate surface area is 92.2 Å². The maximum absolute atomic E-state index is 5.93. The number of rotatable bonds is 0. The van der Waals surface area contributed by atoms with Crippen LogP contribution in [0.2, 0.25) is 0 Å². The summed E-state index contributed by atoms with van der Waals surface area (Å²) in [6, 6.07) is 7.85. The number of hydrogen-bond donors (Lipinski definition) is 1. The van der Waals surface area contributed by atoms with Gasteiger partial charge in [-0.25, -0.2) is 9.97 Å². The molecule has 0 aliphatic rings. The number of nitrogens with two attached hydrogens (primary N) is 1. The van der Waals surface area contributed by atoms with E-state index in [0.29, 0.717) is 11.6 Å². The molecule has 3 rings (SSSR count). The maximum atomic E-state index is 5.93. The molecule has 0 saturated carbocycles. The molecule has 0 bridgehead atoms. The molecule has 16 heavy (non-hydrogen) atoms. The topological polar surface area (TPSA) is 64.7 Å². The van der Waals surface area contributed by atoms with E-state index in [9.17, 15) is 0 Å². The monoisotopic (exact) mass is 210 g/mol. The first-order valence-corrected chi connectivity index (χ1v) is 5.03. The van der Waals surface area contributed by atoms with Crippen molar-refractivity contribution in [2.75, 3.05) is 5.73 Å². The molecule has 0 saturated heterocycles. The highest BCUT2D eigenvalue weighted by molar-refractivity contribution is 6.08. The van der Waals surface area contributed by atoms with E-state index in [1.54, 1.807) is 6.20 Å². The number of aryl methyl sites for hydroxylation is 1. The lowest BCUT2D eigenvalue weighted by atomic mass is 10.1. The van der Waals surface area contributed by atoms with Crippen molar-refractivity contribution < 1.29 is 0 Å². The highest BCUT2D eigenvalue weighted by Gasteiger charge is 2.07. The first-order chi connectivity index (χ1) is 7.75. The molecular weight excluding hydrogens is 200 g/mol. The van der Waals surface area contributed by atoms with Crippen molar-refractivity contribution in [1.82, 2.24) is 15.0 Å². The van der Waals surface area contributed by atoms with E-state index in [-0.39, 0.29) is 0 Å². The minimum absolute atomic E-state index is 0.492. The summed E-state index contributed by atoms with van der Waals surface area (Å²) in [5.74, 6) is 1.17. The van der Waals surface area contributed by atoms with E-state index in [0.717, 1.165) is 21.8 Å². The first kappa shape index (κ1) is 9.03. The Bertz CT molecular complexity index is 691. The quantitative estimate of drug-likeness (QED) is 0.577. The lowest BCUT2D eigenvalue weighted by molar-refractivity contribution is 1.10. The van der Waals surface area contributed by atoms with E-state index in [1.807, 2.05) is 31.2 Å². The van der Waals surface area contributed by atoms with Gasteiger partial charge in [-0.2, -0.15) is 0 Å². The largest absolute Gasteiger partial charge is 0.383 e. The van der Waals surface area contributed by atoms with E-state index in [4.69, 9.17) is 5.73 Å². The van der Waals surface area contributed by atoms with E-state index in [1.165, 1.54) is 0 Å². The third-order valence-electron chi connectivity index (χ3n) is 2.57. The van der Waals surface area contributed by atoms with Gasteiger partial charge in [-0.1, -0.05) is 12.1 Å². The third kappa shape index (κ3) is 1.20. The van der Waals surface area contributed by atoms with Gasteiger partial charge >= 0.3 is 0 Å². The van der Waals surface area contributed by atoms with Gasteiger partial charge in [0.1, 0.15) is 11.6 Å². The minimum atomic E-state index is 0.492. The van der Waals surface area contributed by atoms with Gasteiger partial charge in [-0.3, -0.25) is 4.98 Å². The van der Waals surface area contributed by atoms with Crippen LogP contribution in [-0.4, -0.2) is 15.0 Å². The molecule has 2 N–H and O–H groups in total. The fraction of sp³-hybridized carbons (Fsp3) is 0.0833. The highest BCUT2D eigenvalue weighted by Crippen LogP contribution is 2.25. The summed E-state index contributed by atoms with van der Waals surface area (Å²) in [4.78, 5) is 12.9. The molecule has 0 fully saturated rings. The fourth-order valence-electron chi connectivity index (χ4n) is 1.91. The zero-order valence-electron chi connectivity index (χ0n) is 8.81. The molecule has 4 nitrogen and oxygen atoms in total. The smallest absolute Gasteiger partial charge is 0.137 e. The Kier molecular flexibility index (Phi) is 1.77. The van der Waals surface area contributed by atoms with Crippen LogP contribution >= 0.6 is 0 Å². The average molecular weight is 210 g/mol. The summed E-state index contributed by atoms with van der Waals surface area (Å²) >= 11 is 0. The minimum Gasteiger partial charge on any atom is -0.383 e. The Balaban J connectivity index is 2.60. The molecule has 0 aliphatic carbocycles. The molecule has 0 amide bonds. The van der Waals surface area contributed by atoms with Gasteiger partial charge in [0.05, 0.1) is 16.4 Å². The number of aromatic nitrogens is 3. The molecule has 1 aromatic carbocycles. The van der Waals surface area contributed by atoms with Gasteiger partial charge in [-0.15, -0.1) is 0 Å². The van der Waals surface area contributed by atoms with E-state index < -0.39 is 0 Å². The molecule has 3 aromatic rings. The van der Waals surface area contributed by atoms with Crippen molar-refractivity contribution in [3.05, 3.63) is 36.3 Å². The van der Waals surface area contributed by atoms with Crippen molar-refractivity contribution in [3.63, 3.8) is 0 Å². The molecular formula is C12H10N4. The molecule has 2 heterocycles. The van der Waals surface area contributed by atoms with E-state index >= 15 is 0 Å². The number of hydrogen-bond acceptors (Lipinski definition) is 4. The summed E-state index contributed by atoms with van der Waals surface area (Å²) in [7, 11) is 0.